The van der Waals surface area contributed by atoms with Gasteiger partial charge in [0.25, 0.3) is 0 Å². The van der Waals surface area contributed by atoms with Crippen molar-refractivity contribution in [2.24, 2.45) is 10.9 Å². The Morgan fingerprint density at radius 1 is 1.19 bits per heavy atom. The Bertz CT molecular complexity index is 523. The molecule has 110 valence electrons. The highest BCUT2D eigenvalue weighted by molar-refractivity contribution is 5.87. The predicted molar refractivity (Wildman–Crippen MR) is 89.0 cm³/mol. The van der Waals surface area contributed by atoms with Crippen LogP contribution >= 0.6 is 0 Å². The number of nitrogens with zero attached hydrogens (tertiary/aromatic N) is 2. The molecule has 2 aliphatic heterocycles. The number of hydrogen-bond acceptors (Lipinski definition) is 3. The van der Waals surface area contributed by atoms with Crippen LogP contribution in [0, 0.1) is 5.92 Å². The lowest BCUT2D eigenvalue weighted by Gasteiger charge is -2.31. The monoisotopic (exact) mass is 281 g/mol. The number of hydrogen-bond donors (Lipinski definition) is 1. The molecule has 2 heterocycles. The van der Waals surface area contributed by atoms with E-state index in [9.17, 15) is 0 Å². The van der Waals surface area contributed by atoms with E-state index in [2.05, 4.69) is 57.8 Å². The minimum Gasteiger partial charge on any atom is -0.384 e. The summed E-state index contributed by atoms with van der Waals surface area (Å²) in [5, 5.41) is 3.24. The summed E-state index contributed by atoms with van der Waals surface area (Å²) in [5.41, 5.74) is 2.57. The molecule has 1 fully saturated rings. The quantitative estimate of drug-likeness (QED) is 0.917. The van der Waals surface area contributed by atoms with Crippen LogP contribution < -0.4 is 5.32 Å². The molecule has 0 spiro atoms. The molecule has 0 saturated carbocycles. The van der Waals surface area contributed by atoms with Crippen molar-refractivity contribution < 1.29 is 0 Å². The van der Waals surface area contributed by atoms with Crippen LogP contribution in [0.1, 0.15) is 24.8 Å². The van der Waals surface area contributed by atoms with E-state index in [4.69, 9.17) is 0 Å². The van der Waals surface area contributed by atoms with Crippen LogP contribution in [0.2, 0.25) is 0 Å². The zero-order valence-corrected chi connectivity index (χ0v) is 12.4. The van der Waals surface area contributed by atoms with E-state index in [0.29, 0.717) is 0 Å². The summed E-state index contributed by atoms with van der Waals surface area (Å²) in [6.07, 6.45) is 11.9. The second kappa shape index (κ2) is 7.11. The summed E-state index contributed by atoms with van der Waals surface area (Å²) in [7, 11) is 0. The van der Waals surface area contributed by atoms with Gasteiger partial charge >= 0.3 is 0 Å². The Hall–Kier alpha value is -2.03. The van der Waals surface area contributed by atoms with Gasteiger partial charge in [0.05, 0.1) is 6.54 Å². The first kappa shape index (κ1) is 13.9. The summed E-state index contributed by atoms with van der Waals surface area (Å²) >= 11 is 0. The predicted octanol–water partition coefficient (Wildman–Crippen LogP) is 3.27. The summed E-state index contributed by atoms with van der Waals surface area (Å²) in [6, 6.07) is 10.5. The van der Waals surface area contributed by atoms with Crippen LogP contribution in [0.25, 0.3) is 6.08 Å². The second-order valence-corrected chi connectivity index (χ2v) is 5.80. The first-order chi connectivity index (χ1) is 10.4. The molecule has 1 aromatic carbocycles. The average Bonchev–Trinajstić information content (AvgIpc) is 2.56. The second-order valence-electron chi connectivity index (χ2n) is 5.80. The van der Waals surface area contributed by atoms with Crippen molar-refractivity contribution in [2.75, 3.05) is 19.6 Å². The van der Waals surface area contributed by atoms with E-state index in [1.165, 1.54) is 24.1 Å². The Morgan fingerprint density at radius 3 is 2.71 bits per heavy atom. The summed E-state index contributed by atoms with van der Waals surface area (Å²) < 4.78 is 0. The molecule has 1 aromatic rings. The Kier molecular flexibility index (Phi) is 4.72. The molecule has 0 amide bonds. The molecule has 21 heavy (non-hydrogen) atoms. The fourth-order valence-electron chi connectivity index (χ4n) is 2.94. The number of piperidine rings is 1. The minimum absolute atomic E-state index is 0.790. The van der Waals surface area contributed by atoms with Crippen molar-refractivity contribution in [3.05, 3.63) is 54.5 Å². The zero-order valence-electron chi connectivity index (χ0n) is 12.4. The molecule has 3 rings (SSSR count). The van der Waals surface area contributed by atoms with Crippen molar-refractivity contribution in [2.45, 2.75) is 19.3 Å². The van der Waals surface area contributed by atoms with Gasteiger partial charge in [-0.3, -0.25) is 4.99 Å². The third kappa shape index (κ3) is 4.22. The van der Waals surface area contributed by atoms with Crippen LogP contribution in [-0.2, 0) is 0 Å². The first-order valence-electron chi connectivity index (χ1n) is 7.81. The molecule has 3 nitrogen and oxygen atoms in total. The van der Waals surface area contributed by atoms with Crippen molar-refractivity contribution in [1.82, 2.24) is 10.2 Å². The molecule has 0 bridgehead atoms. The van der Waals surface area contributed by atoms with E-state index in [-0.39, 0.29) is 0 Å². The molecule has 0 atom stereocenters. The van der Waals surface area contributed by atoms with Gasteiger partial charge in [-0.2, -0.15) is 0 Å². The van der Waals surface area contributed by atoms with Crippen LogP contribution in [0.15, 0.2) is 53.9 Å². The largest absolute Gasteiger partial charge is 0.384 e. The summed E-state index contributed by atoms with van der Waals surface area (Å²) in [5.74, 6) is 0.790. The van der Waals surface area contributed by atoms with Gasteiger partial charge in [-0.05, 0) is 43.0 Å². The molecule has 1 N–H and O–H groups in total. The molecular formula is C18H23N3. The highest BCUT2D eigenvalue weighted by Gasteiger charge is 2.19. The molecule has 0 radical (unpaired) electrons. The lowest BCUT2D eigenvalue weighted by Crippen LogP contribution is -2.32. The van der Waals surface area contributed by atoms with Gasteiger partial charge in [-0.25, -0.2) is 0 Å². The topological polar surface area (TPSA) is 27.6 Å². The maximum Gasteiger partial charge on any atom is 0.0529 e. The Morgan fingerprint density at radius 2 is 2.00 bits per heavy atom. The van der Waals surface area contributed by atoms with Gasteiger partial charge < -0.3 is 10.2 Å². The van der Waals surface area contributed by atoms with E-state index in [0.717, 1.165) is 32.0 Å². The normalized spacial score (nSPS) is 19.6. The molecule has 1 saturated heterocycles. The summed E-state index contributed by atoms with van der Waals surface area (Å²) in [6.45, 7) is 3.24. The maximum atomic E-state index is 4.46. The number of likely N-dealkylation sites (tertiary alicyclic amines) is 1. The average molecular weight is 281 g/mol. The van der Waals surface area contributed by atoms with E-state index in [1.807, 2.05) is 12.4 Å². The Balaban J connectivity index is 1.45. The van der Waals surface area contributed by atoms with Crippen molar-refractivity contribution >= 4 is 11.8 Å². The van der Waals surface area contributed by atoms with Crippen molar-refractivity contribution in [1.29, 1.82) is 0 Å². The fourth-order valence-corrected chi connectivity index (χ4v) is 2.94. The standard InChI is InChI=1S/C18H23N3/c1-2-4-16(5-3-1)6-11-21-12-7-17(8-13-21)14-18-15-19-9-10-20-18/h1-6,9-11,17,19H,7-8,12-15H2. The molecule has 2 aliphatic rings. The lowest BCUT2D eigenvalue weighted by molar-refractivity contribution is 0.248. The number of benzene rings is 1. The maximum absolute atomic E-state index is 4.46. The van der Waals surface area contributed by atoms with Gasteiger partial charge in [0.1, 0.15) is 0 Å². The highest BCUT2D eigenvalue weighted by Crippen LogP contribution is 2.22. The van der Waals surface area contributed by atoms with Gasteiger partial charge in [0.2, 0.25) is 0 Å². The van der Waals surface area contributed by atoms with Crippen LogP contribution in [0.4, 0.5) is 0 Å². The SMILES string of the molecule is C1=CNCC(CC2CCN(C=Cc3ccccc3)CC2)=N1. The van der Waals surface area contributed by atoms with Crippen LogP contribution in [0.3, 0.4) is 0 Å². The number of nitrogens with one attached hydrogen (secondary N) is 1. The van der Waals surface area contributed by atoms with E-state index in [1.54, 1.807) is 0 Å². The van der Waals surface area contributed by atoms with E-state index >= 15 is 0 Å². The van der Waals surface area contributed by atoms with Crippen molar-refractivity contribution in [3.63, 3.8) is 0 Å². The third-order valence-corrected chi connectivity index (χ3v) is 4.21. The molecule has 3 heteroatoms. The Labute approximate surface area is 127 Å². The molecule has 0 aromatic heterocycles. The zero-order chi connectivity index (χ0) is 14.3. The summed E-state index contributed by atoms with van der Waals surface area (Å²) in [4.78, 5) is 6.90. The highest BCUT2D eigenvalue weighted by atomic mass is 15.1. The number of aliphatic imine (C=N–C) groups is 1. The molecule has 0 aliphatic carbocycles. The third-order valence-electron chi connectivity index (χ3n) is 4.21. The lowest BCUT2D eigenvalue weighted by atomic mass is 9.91. The minimum atomic E-state index is 0.790. The van der Waals surface area contributed by atoms with Crippen molar-refractivity contribution in [3.8, 4) is 0 Å². The molecular weight excluding hydrogens is 258 g/mol. The van der Waals surface area contributed by atoms with Crippen LogP contribution in [0.5, 0.6) is 0 Å². The van der Waals surface area contributed by atoms with Gasteiger partial charge in [0, 0.05) is 31.2 Å². The van der Waals surface area contributed by atoms with E-state index < -0.39 is 0 Å². The van der Waals surface area contributed by atoms with Gasteiger partial charge in [0.15, 0.2) is 0 Å². The number of rotatable bonds is 4. The smallest absolute Gasteiger partial charge is 0.0529 e. The van der Waals surface area contributed by atoms with Gasteiger partial charge in [-0.15, -0.1) is 0 Å². The molecule has 0 unspecified atom stereocenters. The van der Waals surface area contributed by atoms with Crippen LogP contribution in [-0.4, -0.2) is 30.2 Å². The fraction of sp³-hybridized carbons (Fsp3) is 0.389. The first-order valence-corrected chi connectivity index (χ1v) is 7.81. The van der Waals surface area contributed by atoms with Gasteiger partial charge in [-0.1, -0.05) is 30.3 Å².